The number of anilines is 2. The Morgan fingerprint density at radius 3 is 2.37 bits per heavy atom. The molecule has 0 aliphatic carbocycles. The fourth-order valence-corrected chi connectivity index (χ4v) is 4.70. The molecule has 0 bridgehead atoms. The maximum atomic E-state index is 13.7. The van der Waals surface area contributed by atoms with Crippen molar-refractivity contribution in [1.82, 2.24) is 0 Å². The molecular weight excluding hydrogens is 474 g/mol. The van der Waals surface area contributed by atoms with Crippen LogP contribution in [0.1, 0.15) is 18.5 Å². The van der Waals surface area contributed by atoms with E-state index >= 15 is 0 Å². The van der Waals surface area contributed by atoms with Crippen molar-refractivity contribution >= 4 is 40.5 Å². The van der Waals surface area contributed by atoms with Crippen molar-refractivity contribution < 1.29 is 24.1 Å². The van der Waals surface area contributed by atoms with Gasteiger partial charge in [-0.1, -0.05) is 35.9 Å². The first kappa shape index (κ1) is 22.8. The lowest BCUT2D eigenvalue weighted by Crippen LogP contribution is -2.37. The highest BCUT2D eigenvalue weighted by molar-refractivity contribution is 6.32. The molecule has 3 atom stereocenters. The third kappa shape index (κ3) is 3.88. The lowest BCUT2D eigenvalue weighted by Gasteiger charge is -2.28. The van der Waals surface area contributed by atoms with E-state index in [-0.39, 0.29) is 10.7 Å². The number of carbonyl (C=O) groups is 2. The first-order valence-corrected chi connectivity index (χ1v) is 11.3. The molecule has 2 aliphatic heterocycles. The molecule has 2 fully saturated rings. The Hall–Kier alpha value is -3.95. The summed E-state index contributed by atoms with van der Waals surface area (Å²) in [5.41, 5.74) is 1.15. The molecule has 2 amide bonds. The largest absolute Gasteiger partial charge is 0.494 e. The monoisotopic (exact) mass is 493 g/mol. The minimum atomic E-state index is -1.09. The molecule has 35 heavy (non-hydrogen) atoms. The quantitative estimate of drug-likeness (QED) is 0.278. The van der Waals surface area contributed by atoms with E-state index in [1.165, 1.54) is 17.2 Å². The van der Waals surface area contributed by atoms with E-state index in [4.69, 9.17) is 21.2 Å². The molecule has 0 radical (unpaired) electrons. The zero-order valence-corrected chi connectivity index (χ0v) is 19.3. The van der Waals surface area contributed by atoms with E-state index in [1.54, 1.807) is 54.6 Å². The molecule has 9 nitrogen and oxygen atoms in total. The van der Waals surface area contributed by atoms with Gasteiger partial charge in [-0.25, -0.2) is 9.96 Å². The normalized spacial score (nSPS) is 21.4. The summed E-state index contributed by atoms with van der Waals surface area (Å²) in [6.45, 7) is 2.35. The van der Waals surface area contributed by atoms with Crippen molar-refractivity contribution in [2.24, 2.45) is 5.92 Å². The summed E-state index contributed by atoms with van der Waals surface area (Å²) in [4.78, 5) is 45.2. The zero-order chi connectivity index (χ0) is 24.7. The van der Waals surface area contributed by atoms with Gasteiger partial charge in [-0.3, -0.25) is 24.5 Å². The second kappa shape index (κ2) is 9.01. The van der Waals surface area contributed by atoms with Gasteiger partial charge in [0.15, 0.2) is 6.10 Å². The average Bonchev–Trinajstić information content (AvgIpc) is 3.37. The van der Waals surface area contributed by atoms with Gasteiger partial charge in [0, 0.05) is 6.07 Å². The number of nitrogens with zero attached hydrogens (tertiary/aromatic N) is 3. The number of carbonyl (C=O) groups excluding carboxylic acids is 2. The van der Waals surface area contributed by atoms with Crippen molar-refractivity contribution in [2.45, 2.75) is 19.1 Å². The van der Waals surface area contributed by atoms with Crippen LogP contribution in [-0.2, 0) is 14.4 Å². The first-order valence-electron chi connectivity index (χ1n) is 11.0. The third-order valence-corrected chi connectivity index (χ3v) is 6.36. The Labute approximate surface area is 205 Å². The molecule has 0 N–H and O–H groups in total. The number of rotatable bonds is 6. The molecule has 3 aromatic rings. The molecule has 0 aromatic heterocycles. The Morgan fingerprint density at radius 1 is 1.00 bits per heavy atom. The molecule has 2 aliphatic rings. The molecule has 0 unspecified atom stereocenters. The van der Waals surface area contributed by atoms with Gasteiger partial charge in [0.05, 0.1) is 28.9 Å². The van der Waals surface area contributed by atoms with Gasteiger partial charge in [0.25, 0.3) is 11.6 Å². The SMILES string of the molecule is CCOc1ccc(N2C(=O)[C@H]3[C@@H](c4ccc(Cl)c([N+](=O)[O-])c4)N(c4ccccc4)O[C@H]3C2=O)cc1. The van der Waals surface area contributed by atoms with Crippen molar-refractivity contribution in [3.8, 4) is 5.75 Å². The van der Waals surface area contributed by atoms with Gasteiger partial charge >= 0.3 is 0 Å². The molecule has 5 rings (SSSR count). The highest BCUT2D eigenvalue weighted by atomic mass is 35.5. The standard InChI is InChI=1S/C25H20ClN3O6/c1-2-34-18-11-9-16(10-12-18)27-24(30)21-22(15-8-13-19(26)20(14-15)29(32)33)28(35-23(21)25(27)31)17-6-4-3-5-7-17/h3-14,21-23H,2H2,1H3/t21-,22+,23+/m0/s1. The van der Waals surface area contributed by atoms with Crippen molar-refractivity contribution in [2.75, 3.05) is 16.6 Å². The third-order valence-electron chi connectivity index (χ3n) is 6.04. The van der Waals surface area contributed by atoms with Crippen LogP contribution in [0.3, 0.4) is 0 Å². The van der Waals surface area contributed by atoms with Gasteiger partial charge in [-0.2, -0.15) is 0 Å². The molecule has 10 heteroatoms. The summed E-state index contributed by atoms with van der Waals surface area (Å²) in [6, 6.07) is 19.2. The number of fused-ring (bicyclic) bond motifs is 1. The maximum absolute atomic E-state index is 13.7. The number of imide groups is 1. The number of hydrogen-bond donors (Lipinski definition) is 0. The van der Waals surface area contributed by atoms with Crippen molar-refractivity contribution in [3.05, 3.63) is 93.5 Å². The van der Waals surface area contributed by atoms with Gasteiger partial charge in [-0.05, 0) is 55.0 Å². The van der Waals surface area contributed by atoms with Crippen LogP contribution in [0.5, 0.6) is 5.75 Å². The summed E-state index contributed by atoms with van der Waals surface area (Å²) >= 11 is 6.03. The highest BCUT2D eigenvalue weighted by Gasteiger charge is 2.60. The lowest BCUT2D eigenvalue weighted by atomic mass is 9.90. The highest BCUT2D eigenvalue weighted by Crippen LogP contribution is 2.48. The minimum Gasteiger partial charge on any atom is -0.494 e. The van der Waals surface area contributed by atoms with E-state index in [1.807, 2.05) is 13.0 Å². The second-order valence-electron chi connectivity index (χ2n) is 8.06. The predicted octanol–water partition coefficient (Wildman–Crippen LogP) is 4.70. The summed E-state index contributed by atoms with van der Waals surface area (Å²) in [7, 11) is 0. The molecule has 3 aromatic carbocycles. The van der Waals surface area contributed by atoms with E-state index in [0.717, 1.165) is 4.90 Å². The van der Waals surface area contributed by atoms with Crippen LogP contribution in [0.15, 0.2) is 72.8 Å². The summed E-state index contributed by atoms with van der Waals surface area (Å²) in [6.07, 6.45) is -1.09. The fraction of sp³-hybridized carbons (Fsp3) is 0.200. The zero-order valence-electron chi connectivity index (χ0n) is 18.5. The number of halogens is 1. The molecular formula is C25H20ClN3O6. The minimum absolute atomic E-state index is 0.0229. The second-order valence-corrected chi connectivity index (χ2v) is 8.47. The molecule has 0 saturated carbocycles. The topological polar surface area (TPSA) is 102 Å². The van der Waals surface area contributed by atoms with E-state index in [9.17, 15) is 19.7 Å². The van der Waals surface area contributed by atoms with E-state index in [2.05, 4.69) is 0 Å². The Morgan fingerprint density at radius 2 is 1.71 bits per heavy atom. The Balaban J connectivity index is 1.57. The number of nitro groups is 1. The molecule has 178 valence electrons. The molecule has 0 spiro atoms. The van der Waals surface area contributed by atoms with Gasteiger partial charge in [0.1, 0.15) is 16.7 Å². The van der Waals surface area contributed by atoms with Crippen LogP contribution in [0, 0.1) is 16.0 Å². The number of hydroxylamine groups is 1. The van der Waals surface area contributed by atoms with Crippen molar-refractivity contribution in [1.29, 1.82) is 0 Å². The van der Waals surface area contributed by atoms with Gasteiger partial charge in [-0.15, -0.1) is 0 Å². The summed E-state index contributed by atoms with van der Waals surface area (Å²) < 4.78 is 5.44. The number of nitro benzene ring substituents is 1. The average molecular weight is 494 g/mol. The smallest absolute Gasteiger partial charge is 0.288 e. The van der Waals surface area contributed by atoms with Crippen LogP contribution < -0.4 is 14.7 Å². The van der Waals surface area contributed by atoms with Crippen molar-refractivity contribution in [3.63, 3.8) is 0 Å². The van der Waals surface area contributed by atoms with E-state index in [0.29, 0.717) is 29.3 Å². The van der Waals surface area contributed by atoms with Crippen LogP contribution >= 0.6 is 11.6 Å². The number of para-hydroxylation sites is 1. The fourth-order valence-electron chi connectivity index (χ4n) is 4.52. The molecule has 2 saturated heterocycles. The van der Waals surface area contributed by atoms with Gasteiger partial charge in [0.2, 0.25) is 5.91 Å². The van der Waals surface area contributed by atoms with Crippen LogP contribution in [-0.4, -0.2) is 29.4 Å². The lowest BCUT2D eigenvalue weighted by molar-refractivity contribution is -0.384. The van der Waals surface area contributed by atoms with Gasteiger partial charge < -0.3 is 4.74 Å². The maximum Gasteiger partial charge on any atom is 0.288 e. The van der Waals surface area contributed by atoms with Crippen LogP contribution in [0.25, 0.3) is 0 Å². The predicted molar refractivity (Wildman–Crippen MR) is 128 cm³/mol. The Kier molecular flexibility index (Phi) is 5.88. The Bertz CT molecular complexity index is 1300. The first-order chi connectivity index (χ1) is 16.9. The van der Waals surface area contributed by atoms with E-state index < -0.39 is 34.8 Å². The number of hydrogen-bond acceptors (Lipinski definition) is 7. The number of ether oxygens (including phenoxy) is 1. The summed E-state index contributed by atoms with van der Waals surface area (Å²) in [5.74, 6) is -1.26. The summed E-state index contributed by atoms with van der Waals surface area (Å²) in [5, 5.41) is 13.0. The number of amides is 2. The number of benzene rings is 3. The van der Waals surface area contributed by atoms with Crippen LogP contribution in [0.4, 0.5) is 17.1 Å². The van der Waals surface area contributed by atoms with Crippen LogP contribution in [0.2, 0.25) is 5.02 Å². The molecule has 2 heterocycles.